The van der Waals surface area contributed by atoms with Gasteiger partial charge in [-0.1, -0.05) is 11.6 Å². The standard InChI is InChI=1S/C15H21ClN2O2/c1-11-9-13(3-4-14(11)16)20-10-15(19)17-12-5-7-18(2)8-6-12/h3-4,9,12H,5-8,10H2,1-2H3,(H,17,19). The lowest BCUT2D eigenvalue weighted by molar-refractivity contribution is -0.124. The molecule has 0 bridgehead atoms. The Labute approximate surface area is 125 Å². The van der Waals surface area contributed by atoms with Gasteiger partial charge >= 0.3 is 0 Å². The predicted octanol–water partition coefficient (Wildman–Crippen LogP) is 2.24. The number of piperidine rings is 1. The molecule has 0 saturated carbocycles. The van der Waals surface area contributed by atoms with Crippen LogP contribution in [0.5, 0.6) is 5.75 Å². The fraction of sp³-hybridized carbons (Fsp3) is 0.533. The van der Waals surface area contributed by atoms with Gasteiger partial charge in [0.15, 0.2) is 6.61 Å². The molecule has 0 aromatic heterocycles. The number of carbonyl (C=O) groups is 1. The van der Waals surface area contributed by atoms with Crippen molar-refractivity contribution in [1.29, 1.82) is 0 Å². The normalized spacial score (nSPS) is 16.9. The first-order valence-electron chi connectivity index (χ1n) is 6.91. The van der Waals surface area contributed by atoms with Crippen LogP contribution in [0.2, 0.25) is 5.02 Å². The zero-order chi connectivity index (χ0) is 14.5. The summed E-state index contributed by atoms with van der Waals surface area (Å²) in [5.41, 5.74) is 0.944. The fourth-order valence-corrected chi connectivity index (χ4v) is 2.40. The van der Waals surface area contributed by atoms with E-state index in [9.17, 15) is 4.79 Å². The van der Waals surface area contributed by atoms with Crippen molar-refractivity contribution in [3.63, 3.8) is 0 Å². The van der Waals surface area contributed by atoms with Crippen molar-refractivity contribution in [2.24, 2.45) is 0 Å². The Morgan fingerprint density at radius 2 is 2.15 bits per heavy atom. The molecule has 110 valence electrons. The van der Waals surface area contributed by atoms with E-state index in [-0.39, 0.29) is 18.6 Å². The van der Waals surface area contributed by atoms with Gasteiger partial charge in [0.1, 0.15) is 5.75 Å². The lowest BCUT2D eigenvalue weighted by atomic mass is 10.1. The number of likely N-dealkylation sites (tertiary alicyclic amines) is 1. The summed E-state index contributed by atoms with van der Waals surface area (Å²) in [6.07, 6.45) is 2.00. The molecule has 1 aliphatic heterocycles. The van der Waals surface area contributed by atoms with E-state index in [0.29, 0.717) is 10.8 Å². The SMILES string of the molecule is Cc1cc(OCC(=O)NC2CCN(C)CC2)ccc1Cl. The smallest absolute Gasteiger partial charge is 0.258 e. The number of nitrogens with zero attached hydrogens (tertiary/aromatic N) is 1. The summed E-state index contributed by atoms with van der Waals surface area (Å²) in [6, 6.07) is 5.67. The maximum Gasteiger partial charge on any atom is 0.258 e. The summed E-state index contributed by atoms with van der Waals surface area (Å²) < 4.78 is 5.49. The summed E-state index contributed by atoms with van der Waals surface area (Å²) in [5, 5.41) is 3.72. The van der Waals surface area contributed by atoms with Crippen LogP contribution in [0.25, 0.3) is 0 Å². The number of halogens is 1. The van der Waals surface area contributed by atoms with Crippen LogP contribution in [-0.4, -0.2) is 43.6 Å². The van der Waals surface area contributed by atoms with Crippen molar-refractivity contribution in [2.45, 2.75) is 25.8 Å². The average Bonchev–Trinajstić information content (AvgIpc) is 2.43. The monoisotopic (exact) mass is 296 g/mol. The van der Waals surface area contributed by atoms with Gasteiger partial charge in [0.25, 0.3) is 5.91 Å². The Kier molecular flexibility index (Phi) is 5.26. The van der Waals surface area contributed by atoms with Crippen LogP contribution in [0.3, 0.4) is 0 Å². The van der Waals surface area contributed by atoms with E-state index in [0.717, 1.165) is 31.5 Å². The van der Waals surface area contributed by atoms with Crippen LogP contribution < -0.4 is 10.1 Å². The molecule has 1 aromatic rings. The summed E-state index contributed by atoms with van der Waals surface area (Å²) in [4.78, 5) is 14.1. The maximum absolute atomic E-state index is 11.8. The summed E-state index contributed by atoms with van der Waals surface area (Å²) in [7, 11) is 2.10. The van der Waals surface area contributed by atoms with Gasteiger partial charge in [-0.15, -0.1) is 0 Å². The van der Waals surface area contributed by atoms with Crippen molar-refractivity contribution in [1.82, 2.24) is 10.2 Å². The molecule has 0 radical (unpaired) electrons. The third-order valence-electron chi connectivity index (χ3n) is 3.58. The molecule has 1 heterocycles. The molecule has 1 aromatic carbocycles. The third kappa shape index (κ3) is 4.39. The van der Waals surface area contributed by atoms with E-state index >= 15 is 0 Å². The van der Waals surface area contributed by atoms with Gasteiger partial charge in [-0.2, -0.15) is 0 Å². The van der Waals surface area contributed by atoms with Gasteiger partial charge in [0, 0.05) is 11.1 Å². The van der Waals surface area contributed by atoms with Gasteiger partial charge in [0.2, 0.25) is 0 Å². The van der Waals surface area contributed by atoms with Gasteiger partial charge in [-0.05, 0) is 63.7 Å². The fourth-order valence-electron chi connectivity index (χ4n) is 2.28. The van der Waals surface area contributed by atoms with Crippen molar-refractivity contribution >= 4 is 17.5 Å². The lowest BCUT2D eigenvalue weighted by Gasteiger charge is -2.29. The molecule has 0 spiro atoms. The molecule has 1 N–H and O–H groups in total. The van der Waals surface area contributed by atoms with Crippen molar-refractivity contribution in [3.8, 4) is 5.75 Å². The first-order chi connectivity index (χ1) is 9.54. The molecular weight excluding hydrogens is 276 g/mol. The van der Waals surface area contributed by atoms with Crippen LogP contribution in [-0.2, 0) is 4.79 Å². The first-order valence-corrected chi connectivity index (χ1v) is 7.29. The molecule has 1 fully saturated rings. The minimum Gasteiger partial charge on any atom is -0.484 e. The van der Waals surface area contributed by atoms with Crippen LogP contribution in [0, 0.1) is 6.92 Å². The number of hydrogen-bond donors (Lipinski definition) is 1. The van der Waals surface area contributed by atoms with Gasteiger partial charge in [-0.25, -0.2) is 0 Å². The van der Waals surface area contributed by atoms with Crippen LogP contribution in [0.1, 0.15) is 18.4 Å². The molecule has 5 heteroatoms. The highest BCUT2D eigenvalue weighted by molar-refractivity contribution is 6.31. The topological polar surface area (TPSA) is 41.6 Å². The van der Waals surface area contributed by atoms with E-state index in [4.69, 9.17) is 16.3 Å². The highest BCUT2D eigenvalue weighted by atomic mass is 35.5. The van der Waals surface area contributed by atoms with Crippen molar-refractivity contribution in [3.05, 3.63) is 28.8 Å². The second-order valence-corrected chi connectivity index (χ2v) is 5.75. The molecule has 4 nitrogen and oxygen atoms in total. The molecule has 1 amide bonds. The zero-order valence-corrected chi connectivity index (χ0v) is 12.7. The molecule has 0 atom stereocenters. The molecule has 1 aliphatic rings. The van der Waals surface area contributed by atoms with Gasteiger partial charge in [0.05, 0.1) is 0 Å². The zero-order valence-electron chi connectivity index (χ0n) is 12.0. The molecule has 1 saturated heterocycles. The summed E-state index contributed by atoms with van der Waals surface area (Å²) >= 11 is 5.95. The molecule has 0 unspecified atom stereocenters. The van der Waals surface area contributed by atoms with E-state index in [2.05, 4.69) is 17.3 Å². The Morgan fingerprint density at radius 1 is 1.45 bits per heavy atom. The first kappa shape index (κ1) is 15.1. The van der Waals surface area contributed by atoms with E-state index in [1.54, 1.807) is 12.1 Å². The van der Waals surface area contributed by atoms with Gasteiger partial charge in [-0.3, -0.25) is 4.79 Å². The molecule has 0 aliphatic carbocycles. The number of aryl methyl sites for hydroxylation is 1. The van der Waals surface area contributed by atoms with Crippen molar-refractivity contribution < 1.29 is 9.53 Å². The Morgan fingerprint density at radius 3 is 2.80 bits per heavy atom. The minimum absolute atomic E-state index is 0.0490. The Balaban J connectivity index is 1.76. The van der Waals surface area contributed by atoms with Crippen LogP contribution in [0.4, 0.5) is 0 Å². The molecule has 20 heavy (non-hydrogen) atoms. The Bertz CT molecular complexity index is 471. The summed E-state index contributed by atoms with van der Waals surface area (Å²) in [5.74, 6) is 0.609. The van der Waals surface area contributed by atoms with Crippen LogP contribution >= 0.6 is 11.6 Å². The van der Waals surface area contributed by atoms with Gasteiger partial charge < -0.3 is 15.0 Å². The second kappa shape index (κ2) is 6.95. The number of ether oxygens (including phenoxy) is 1. The molecule has 2 rings (SSSR count). The number of amides is 1. The average molecular weight is 297 g/mol. The quantitative estimate of drug-likeness (QED) is 0.926. The number of hydrogen-bond acceptors (Lipinski definition) is 3. The number of carbonyl (C=O) groups excluding carboxylic acids is 1. The predicted molar refractivity (Wildman–Crippen MR) is 80.3 cm³/mol. The maximum atomic E-state index is 11.8. The highest BCUT2D eigenvalue weighted by Crippen LogP contribution is 2.20. The third-order valence-corrected chi connectivity index (χ3v) is 4.01. The molecular formula is C15H21ClN2O2. The number of benzene rings is 1. The van der Waals surface area contributed by atoms with E-state index in [1.165, 1.54) is 0 Å². The van der Waals surface area contributed by atoms with Crippen LogP contribution in [0.15, 0.2) is 18.2 Å². The van der Waals surface area contributed by atoms with Crippen molar-refractivity contribution in [2.75, 3.05) is 26.7 Å². The summed E-state index contributed by atoms with van der Waals surface area (Å²) in [6.45, 7) is 4.02. The second-order valence-electron chi connectivity index (χ2n) is 5.34. The number of nitrogens with one attached hydrogen (secondary N) is 1. The lowest BCUT2D eigenvalue weighted by Crippen LogP contribution is -2.44. The van der Waals surface area contributed by atoms with E-state index < -0.39 is 0 Å². The largest absolute Gasteiger partial charge is 0.484 e. The van der Waals surface area contributed by atoms with E-state index in [1.807, 2.05) is 13.0 Å². The minimum atomic E-state index is -0.0628. The highest BCUT2D eigenvalue weighted by Gasteiger charge is 2.18. The Hall–Kier alpha value is -1.26. The number of rotatable bonds is 4.